The number of hydrogen-bond donors (Lipinski definition) is 3. The Labute approximate surface area is 297 Å². The number of benzene rings is 2. The summed E-state index contributed by atoms with van der Waals surface area (Å²) in [6, 6.07) is 8.22. The molecule has 2 aliphatic heterocycles. The number of nitro benzene ring substituents is 1. The minimum atomic E-state index is -4.59. The van der Waals surface area contributed by atoms with Crippen LogP contribution in [0.15, 0.2) is 61.3 Å². The standard InChI is InChI=1S/C34H41F3N6O7S/c1-22-40-28-20-51-31(33(28)41-22)5-3-4-6-32(44)50-16-14-48-12-11-47-13-15-49-30-17-23(34(35,36)37)7-9-25(30)27-19-42(21-39-27)29-18-24(43(45)46)8-10-26(29)38-2/h7-10,17-19,21,28,31,33,38,40-41H,1,3-6,11-16,20H2,2H3/t28-,31-,33-/m0/s1. The van der Waals surface area contributed by atoms with E-state index in [9.17, 15) is 28.1 Å². The Kier molecular flexibility index (Phi) is 13.1. The number of fused-ring (bicyclic) bond motifs is 1. The van der Waals surface area contributed by atoms with E-state index in [0.29, 0.717) is 46.4 Å². The molecule has 2 aliphatic rings. The Morgan fingerprint density at radius 2 is 1.86 bits per heavy atom. The molecule has 0 bridgehead atoms. The lowest BCUT2D eigenvalue weighted by Crippen LogP contribution is -2.36. The lowest BCUT2D eigenvalue weighted by Gasteiger charge is -2.17. The van der Waals surface area contributed by atoms with Crippen LogP contribution in [0.3, 0.4) is 0 Å². The number of alkyl halides is 3. The van der Waals surface area contributed by atoms with Gasteiger partial charge >= 0.3 is 12.1 Å². The van der Waals surface area contributed by atoms with E-state index in [-0.39, 0.29) is 57.0 Å². The lowest BCUT2D eigenvalue weighted by atomic mass is 10.0. The number of aromatic nitrogens is 2. The maximum atomic E-state index is 13.5. The van der Waals surface area contributed by atoms with E-state index in [0.717, 1.165) is 43.0 Å². The van der Waals surface area contributed by atoms with Crippen molar-refractivity contribution in [2.45, 2.75) is 49.2 Å². The zero-order valence-electron chi connectivity index (χ0n) is 28.1. The van der Waals surface area contributed by atoms with Crippen LogP contribution in [0.5, 0.6) is 5.75 Å². The third kappa shape index (κ3) is 10.3. The summed E-state index contributed by atoms with van der Waals surface area (Å²) >= 11 is 1.95. The normalized spacial score (nSPS) is 18.2. The smallest absolute Gasteiger partial charge is 0.416 e. The van der Waals surface area contributed by atoms with Gasteiger partial charge in [0.15, 0.2) is 0 Å². The molecule has 13 nitrogen and oxygen atoms in total. The average molecular weight is 735 g/mol. The molecule has 3 atom stereocenters. The van der Waals surface area contributed by atoms with Crippen LogP contribution in [-0.2, 0) is 25.2 Å². The van der Waals surface area contributed by atoms with Gasteiger partial charge in [-0.15, -0.1) is 0 Å². The molecule has 0 aliphatic carbocycles. The summed E-state index contributed by atoms with van der Waals surface area (Å²) in [6.07, 6.45) is 1.47. The molecule has 2 saturated heterocycles. The van der Waals surface area contributed by atoms with Crippen molar-refractivity contribution in [3.05, 3.63) is 77.0 Å². The van der Waals surface area contributed by atoms with Gasteiger partial charge in [-0.3, -0.25) is 14.9 Å². The summed E-state index contributed by atoms with van der Waals surface area (Å²) in [7, 11) is 1.66. The first-order valence-electron chi connectivity index (χ1n) is 16.5. The number of unbranched alkanes of at least 4 members (excludes halogenated alkanes) is 1. The molecule has 2 aromatic carbocycles. The van der Waals surface area contributed by atoms with E-state index in [2.05, 4.69) is 27.5 Å². The number of nitro groups is 1. The number of carbonyl (C=O) groups excluding carboxylic acids is 1. The van der Waals surface area contributed by atoms with Crippen LogP contribution < -0.4 is 20.7 Å². The number of thioether (sulfide) groups is 1. The molecule has 0 unspecified atom stereocenters. The first kappa shape index (κ1) is 37.8. The van der Waals surface area contributed by atoms with Gasteiger partial charge < -0.3 is 39.5 Å². The van der Waals surface area contributed by atoms with Crippen molar-refractivity contribution >= 4 is 29.1 Å². The van der Waals surface area contributed by atoms with Crippen LogP contribution in [0.4, 0.5) is 24.5 Å². The maximum Gasteiger partial charge on any atom is 0.416 e. The fourth-order valence-electron chi connectivity index (χ4n) is 5.86. The van der Waals surface area contributed by atoms with Gasteiger partial charge in [-0.1, -0.05) is 13.0 Å². The topological polar surface area (TPSA) is 151 Å². The van der Waals surface area contributed by atoms with Crippen LogP contribution in [0.2, 0.25) is 0 Å². The molecule has 0 radical (unpaired) electrons. The number of esters is 1. The number of non-ortho nitro benzene ring substituents is 1. The van der Waals surface area contributed by atoms with Gasteiger partial charge in [0.2, 0.25) is 0 Å². The van der Waals surface area contributed by atoms with Crippen LogP contribution >= 0.6 is 11.8 Å². The van der Waals surface area contributed by atoms with Gasteiger partial charge in [0.25, 0.3) is 5.69 Å². The summed E-state index contributed by atoms with van der Waals surface area (Å²) in [5.74, 6) is 1.64. The minimum absolute atomic E-state index is 0.0508. The van der Waals surface area contributed by atoms with E-state index in [1.54, 1.807) is 19.3 Å². The van der Waals surface area contributed by atoms with Crippen LogP contribution in [-0.4, -0.2) is 90.2 Å². The Hall–Kier alpha value is -4.48. The highest BCUT2D eigenvalue weighted by Gasteiger charge is 2.40. The molecular weight excluding hydrogens is 693 g/mol. The first-order chi connectivity index (χ1) is 24.5. The molecule has 1 aromatic heterocycles. The summed E-state index contributed by atoms with van der Waals surface area (Å²) in [4.78, 5) is 27.2. The Bertz CT molecular complexity index is 1670. The highest BCUT2D eigenvalue weighted by molar-refractivity contribution is 8.00. The number of halogens is 3. The Morgan fingerprint density at radius 1 is 1.10 bits per heavy atom. The van der Waals surface area contributed by atoms with Crippen molar-refractivity contribution < 1.29 is 41.8 Å². The Morgan fingerprint density at radius 3 is 2.61 bits per heavy atom. The summed E-state index contributed by atoms with van der Waals surface area (Å²) < 4.78 is 64.1. The van der Waals surface area contributed by atoms with Gasteiger partial charge in [0, 0.05) is 48.4 Å². The van der Waals surface area contributed by atoms with Crippen molar-refractivity contribution in [2.75, 3.05) is 57.8 Å². The number of nitrogens with zero attached hydrogens (tertiary/aromatic N) is 3. The first-order valence-corrected chi connectivity index (χ1v) is 17.6. The summed E-state index contributed by atoms with van der Waals surface area (Å²) in [6.45, 7) is 4.74. The van der Waals surface area contributed by atoms with Crippen molar-refractivity contribution in [1.82, 2.24) is 20.2 Å². The molecule has 0 amide bonds. The second-order valence-corrected chi connectivity index (χ2v) is 13.2. The molecule has 276 valence electrons. The third-order valence-corrected chi connectivity index (χ3v) is 9.91. The van der Waals surface area contributed by atoms with E-state index >= 15 is 0 Å². The predicted molar refractivity (Wildman–Crippen MR) is 186 cm³/mol. The number of carbonyl (C=O) groups is 1. The SMILES string of the molecule is C=C1N[C@H]2[C@H](CS[C@H]2CCCCC(=O)OCCOCCOCCOc2cc(C(F)(F)F)ccc2-c2cn(-c3cc([N+](=O)[O-])ccc3NC)cn2)N1. The van der Waals surface area contributed by atoms with Gasteiger partial charge in [-0.25, -0.2) is 4.98 Å². The average Bonchev–Trinajstić information content (AvgIpc) is 3.83. The van der Waals surface area contributed by atoms with E-state index in [1.165, 1.54) is 29.1 Å². The van der Waals surface area contributed by atoms with E-state index < -0.39 is 16.7 Å². The quantitative estimate of drug-likeness (QED) is 0.0614. The number of ether oxygens (including phenoxy) is 4. The number of rotatable bonds is 19. The molecule has 51 heavy (non-hydrogen) atoms. The highest BCUT2D eigenvalue weighted by atomic mass is 32.2. The van der Waals surface area contributed by atoms with Crippen LogP contribution in [0.25, 0.3) is 16.9 Å². The molecule has 17 heteroatoms. The molecule has 3 aromatic rings. The zero-order chi connectivity index (χ0) is 36.4. The van der Waals surface area contributed by atoms with Gasteiger partial charge in [-0.2, -0.15) is 24.9 Å². The summed E-state index contributed by atoms with van der Waals surface area (Å²) in [5, 5.41) is 21.6. The maximum absolute atomic E-state index is 13.5. The van der Waals surface area contributed by atoms with Crippen molar-refractivity contribution in [2.24, 2.45) is 0 Å². The highest BCUT2D eigenvalue weighted by Crippen LogP contribution is 2.38. The van der Waals surface area contributed by atoms with Crippen molar-refractivity contribution in [3.63, 3.8) is 0 Å². The van der Waals surface area contributed by atoms with Crippen molar-refractivity contribution in [3.8, 4) is 22.7 Å². The Balaban J connectivity index is 1.00. The van der Waals surface area contributed by atoms with Crippen LogP contribution in [0, 0.1) is 10.1 Å². The predicted octanol–water partition coefficient (Wildman–Crippen LogP) is 5.54. The minimum Gasteiger partial charge on any atom is -0.490 e. The monoisotopic (exact) mass is 734 g/mol. The lowest BCUT2D eigenvalue weighted by molar-refractivity contribution is -0.384. The zero-order valence-corrected chi connectivity index (χ0v) is 28.9. The molecule has 3 N–H and O–H groups in total. The van der Waals surface area contributed by atoms with E-state index in [1.807, 2.05) is 11.8 Å². The second kappa shape index (κ2) is 17.6. The van der Waals surface area contributed by atoms with Gasteiger partial charge in [0.05, 0.1) is 78.2 Å². The fourth-order valence-corrected chi connectivity index (χ4v) is 7.41. The fraction of sp³-hybridized carbons (Fsp3) is 0.471. The number of imidazole rings is 1. The molecule has 0 saturated carbocycles. The molecule has 2 fully saturated rings. The molecule has 0 spiro atoms. The van der Waals surface area contributed by atoms with Crippen LogP contribution in [0.1, 0.15) is 31.2 Å². The van der Waals surface area contributed by atoms with Gasteiger partial charge in [0.1, 0.15) is 19.0 Å². The second-order valence-electron chi connectivity index (χ2n) is 11.9. The molecular formula is C34H41F3N6O7S. The summed E-state index contributed by atoms with van der Waals surface area (Å²) in [5.41, 5.74) is 0.595. The molecule has 3 heterocycles. The number of hydrogen-bond acceptors (Lipinski definition) is 12. The number of nitrogens with one attached hydrogen (secondary N) is 3. The van der Waals surface area contributed by atoms with E-state index in [4.69, 9.17) is 18.9 Å². The van der Waals surface area contributed by atoms with Gasteiger partial charge in [-0.05, 0) is 37.1 Å². The molecule has 5 rings (SSSR count). The number of anilines is 1. The van der Waals surface area contributed by atoms with Crippen molar-refractivity contribution in [1.29, 1.82) is 0 Å². The largest absolute Gasteiger partial charge is 0.490 e. The third-order valence-electron chi connectivity index (χ3n) is 8.40.